The first-order valence-electron chi connectivity index (χ1n) is 8.71. The highest BCUT2D eigenvalue weighted by Crippen LogP contribution is 2.29. The standard InChI is InChI=1S/C19H28N2O/c1-14-10-15(2)12-21(11-14)13-19(22)20-18-9-5-7-16-6-3-4-8-17(16)18/h3-4,6,8,14-15,18H,5,7,9-13H2,1-2H3,(H,20,22). The fraction of sp³-hybridized carbons (Fsp3) is 0.632. The van der Waals surface area contributed by atoms with Crippen molar-refractivity contribution in [3.05, 3.63) is 35.4 Å². The van der Waals surface area contributed by atoms with Crippen LogP contribution in [0.2, 0.25) is 0 Å². The monoisotopic (exact) mass is 300 g/mol. The summed E-state index contributed by atoms with van der Waals surface area (Å²) in [5.41, 5.74) is 2.72. The summed E-state index contributed by atoms with van der Waals surface area (Å²) in [6, 6.07) is 8.75. The highest BCUT2D eigenvalue weighted by Gasteiger charge is 2.25. The average Bonchev–Trinajstić information content (AvgIpc) is 2.46. The molecule has 3 unspecified atom stereocenters. The number of rotatable bonds is 3. The lowest BCUT2D eigenvalue weighted by Gasteiger charge is -2.35. The minimum absolute atomic E-state index is 0.183. The summed E-state index contributed by atoms with van der Waals surface area (Å²) in [5.74, 6) is 1.59. The quantitative estimate of drug-likeness (QED) is 0.930. The van der Waals surface area contributed by atoms with Crippen molar-refractivity contribution in [3.8, 4) is 0 Å². The Balaban J connectivity index is 1.58. The summed E-state index contributed by atoms with van der Waals surface area (Å²) in [7, 11) is 0. The Morgan fingerprint density at radius 1 is 1.23 bits per heavy atom. The number of carbonyl (C=O) groups excluding carboxylic acids is 1. The fourth-order valence-electron chi connectivity index (χ4n) is 4.27. The Bertz CT molecular complexity index is 518. The van der Waals surface area contributed by atoms with Gasteiger partial charge in [-0.2, -0.15) is 0 Å². The summed E-state index contributed by atoms with van der Waals surface area (Å²) >= 11 is 0. The third kappa shape index (κ3) is 3.70. The van der Waals surface area contributed by atoms with Crippen LogP contribution in [0.3, 0.4) is 0 Å². The lowest BCUT2D eigenvalue weighted by Crippen LogP contribution is -2.45. The van der Waals surface area contributed by atoms with Gasteiger partial charge >= 0.3 is 0 Å². The van der Waals surface area contributed by atoms with Crippen LogP contribution < -0.4 is 5.32 Å². The highest BCUT2D eigenvalue weighted by molar-refractivity contribution is 5.78. The summed E-state index contributed by atoms with van der Waals surface area (Å²) in [6.07, 6.45) is 4.66. The highest BCUT2D eigenvalue weighted by atomic mass is 16.2. The predicted molar refractivity (Wildman–Crippen MR) is 89.6 cm³/mol. The van der Waals surface area contributed by atoms with Crippen molar-refractivity contribution < 1.29 is 4.79 Å². The molecule has 3 rings (SSSR count). The van der Waals surface area contributed by atoms with Crippen molar-refractivity contribution in [2.75, 3.05) is 19.6 Å². The van der Waals surface area contributed by atoms with Crippen molar-refractivity contribution in [2.24, 2.45) is 11.8 Å². The Hall–Kier alpha value is -1.35. The van der Waals surface area contributed by atoms with E-state index in [1.807, 2.05) is 0 Å². The van der Waals surface area contributed by atoms with Gasteiger partial charge in [0.1, 0.15) is 0 Å². The zero-order valence-electron chi connectivity index (χ0n) is 13.8. The van der Waals surface area contributed by atoms with Gasteiger partial charge in [0.2, 0.25) is 5.91 Å². The molecule has 1 aliphatic heterocycles. The van der Waals surface area contributed by atoms with Crippen molar-refractivity contribution in [3.63, 3.8) is 0 Å². The molecule has 1 amide bonds. The number of benzene rings is 1. The molecule has 3 nitrogen and oxygen atoms in total. The second-order valence-electron chi connectivity index (χ2n) is 7.35. The molecule has 0 spiro atoms. The number of carbonyl (C=O) groups is 1. The van der Waals surface area contributed by atoms with Crippen LogP contribution >= 0.6 is 0 Å². The number of nitrogens with one attached hydrogen (secondary N) is 1. The Morgan fingerprint density at radius 3 is 2.73 bits per heavy atom. The number of hydrogen-bond donors (Lipinski definition) is 1. The van der Waals surface area contributed by atoms with Gasteiger partial charge in [0.25, 0.3) is 0 Å². The SMILES string of the molecule is CC1CC(C)CN(CC(=O)NC2CCCc3ccccc32)C1. The minimum Gasteiger partial charge on any atom is -0.348 e. The number of hydrogen-bond acceptors (Lipinski definition) is 2. The zero-order valence-corrected chi connectivity index (χ0v) is 13.8. The van der Waals surface area contributed by atoms with Crippen molar-refractivity contribution in [1.29, 1.82) is 0 Å². The molecule has 1 aliphatic carbocycles. The third-order valence-corrected chi connectivity index (χ3v) is 5.02. The predicted octanol–water partition coefficient (Wildman–Crippen LogP) is 3.16. The molecule has 1 N–H and O–H groups in total. The maximum atomic E-state index is 12.4. The average molecular weight is 300 g/mol. The van der Waals surface area contributed by atoms with Crippen molar-refractivity contribution in [2.45, 2.75) is 45.6 Å². The first-order chi connectivity index (χ1) is 10.6. The number of amides is 1. The van der Waals surface area contributed by atoms with E-state index in [1.165, 1.54) is 24.0 Å². The molecule has 0 radical (unpaired) electrons. The molecule has 1 heterocycles. The molecule has 0 bridgehead atoms. The molecule has 0 saturated carbocycles. The van der Waals surface area contributed by atoms with Gasteiger partial charge in [-0.05, 0) is 48.6 Å². The van der Waals surface area contributed by atoms with E-state index in [1.54, 1.807) is 0 Å². The Labute approximate surface area is 134 Å². The van der Waals surface area contributed by atoms with E-state index < -0.39 is 0 Å². The molecule has 1 aromatic carbocycles. The molecule has 3 atom stereocenters. The van der Waals surface area contributed by atoms with E-state index in [0.717, 1.165) is 25.9 Å². The maximum Gasteiger partial charge on any atom is 0.234 e. The van der Waals surface area contributed by atoms with Gasteiger partial charge in [-0.1, -0.05) is 38.1 Å². The van der Waals surface area contributed by atoms with Gasteiger partial charge < -0.3 is 5.32 Å². The molecular formula is C19H28N2O. The molecule has 1 fully saturated rings. The zero-order chi connectivity index (χ0) is 15.5. The molecule has 3 heteroatoms. The molecule has 120 valence electrons. The number of likely N-dealkylation sites (tertiary alicyclic amines) is 1. The van der Waals surface area contributed by atoms with E-state index in [9.17, 15) is 4.79 Å². The maximum absolute atomic E-state index is 12.4. The van der Waals surface area contributed by atoms with E-state index in [-0.39, 0.29) is 11.9 Å². The fourth-order valence-corrected chi connectivity index (χ4v) is 4.27. The van der Waals surface area contributed by atoms with Gasteiger partial charge in [-0.25, -0.2) is 0 Å². The van der Waals surface area contributed by atoms with Crippen LogP contribution in [0.4, 0.5) is 0 Å². The van der Waals surface area contributed by atoms with Crippen LogP contribution in [0.5, 0.6) is 0 Å². The van der Waals surface area contributed by atoms with E-state index in [4.69, 9.17) is 0 Å². The van der Waals surface area contributed by atoms with Crippen LogP contribution in [0.25, 0.3) is 0 Å². The number of fused-ring (bicyclic) bond motifs is 1. The van der Waals surface area contributed by atoms with Gasteiger partial charge in [0.15, 0.2) is 0 Å². The normalized spacial score (nSPS) is 28.9. The Morgan fingerprint density at radius 2 is 1.95 bits per heavy atom. The van der Waals surface area contributed by atoms with E-state index in [0.29, 0.717) is 18.4 Å². The number of nitrogens with zero attached hydrogens (tertiary/aromatic N) is 1. The second-order valence-corrected chi connectivity index (χ2v) is 7.35. The van der Waals surface area contributed by atoms with Crippen LogP contribution in [0, 0.1) is 11.8 Å². The number of piperidine rings is 1. The third-order valence-electron chi connectivity index (χ3n) is 5.02. The van der Waals surface area contributed by atoms with Crippen LogP contribution in [0.15, 0.2) is 24.3 Å². The summed E-state index contributed by atoms with van der Waals surface area (Å²) in [5, 5.41) is 3.27. The van der Waals surface area contributed by atoms with Gasteiger partial charge in [0.05, 0.1) is 12.6 Å². The lowest BCUT2D eigenvalue weighted by molar-refractivity contribution is -0.123. The largest absolute Gasteiger partial charge is 0.348 e. The first-order valence-corrected chi connectivity index (χ1v) is 8.71. The minimum atomic E-state index is 0.183. The van der Waals surface area contributed by atoms with Crippen molar-refractivity contribution >= 4 is 5.91 Å². The van der Waals surface area contributed by atoms with Crippen LogP contribution in [-0.4, -0.2) is 30.4 Å². The van der Waals surface area contributed by atoms with Crippen molar-refractivity contribution in [1.82, 2.24) is 10.2 Å². The summed E-state index contributed by atoms with van der Waals surface area (Å²) in [6.45, 7) is 7.24. The molecule has 1 aromatic rings. The second kappa shape index (κ2) is 6.82. The topological polar surface area (TPSA) is 32.3 Å². The van der Waals surface area contributed by atoms with Crippen LogP contribution in [0.1, 0.15) is 50.3 Å². The lowest BCUT2D eigenvalue weighted by atomic mass is 9.87. The first kappa shape index (κ1) is 15.5. The molecule has 22 heavy (non-hydrogen) atoms. The molecular weight excluding hydrogens is 272 g/mol. The van der Waals surface area contributed by atoms with Crippen LogP contribution in [-0.2, 0) is 11.2 Å². The smallest absolute Gasteiger partial charge is 0.234 e. The van der Waals surface area contributed by atoms with Gasteiger partial charge in [0, 0.05) is 13.1 Å². The molecule has 0 aromatic heterocycles. The summed E-state index contributed by atoms with van der Waals surface area (Å²) < 4.78 is 0. The van der Waals surface area contributed by atoms with Gasteiger partial charge in [-0.15, -0.1) is 0 Å². The molecule has 2 aliphatic rings. The van der Waals surface area contributed by atoms with E-state index in [2.05, 4.69) is 48.3 Å². The Kier molecular flexibility index (Phi) is 4.82. The number of aryl methyl sites for hydroxylation is 1. The van der Waals surface area contributed by atoms with E-state index >= 15 is 0 Å². The van der Waals surface area contributed by atoms with Gasteiger partial charge in [-0.3, -0.25) is 9.69 Å². The molecule has 1 saturated heterocycles. The summed E-state index contributed by atoms with van der Waals surface area (Å²) in [4.78, 5) is 14.8.